The molecule has 2 aromatic carbocycles. The Morgan fingerprint density at radius 2 is 1.88 bits per heavy atom. The first kappa shape index (κ1) is 17.0. The number of amides is 1. The van der Waals surface area contributed by atoms with Crippen LogP contribution >= 0.6 is 11.6 Å². The quantitative estimate of drug-likeness (QED) is 0.878. The number of ketones is 1. The highest BCUT2D eigenvalue weighted by atomic mass is 35.5. The van der Waals surface area contributed by atoms with E-state index < -0.39 is 34.8 Å². The highest BCUT2D eigenvalue weighted by Gasteiger charge is 2.50. The van der Waals surface area contributed by atoms with Gasteiger partial charge < -0.3 is 9.84 Å². The van der Waals surface area contributed by atoms with Crippen molar-refractivity contribution in [3.63, 3.8) is 0 Å². The lowest BCUT2D eigenvalue weighted by Crippen LogP contribution is -2.33. The van der Waals surface area contributed by atoms with Gasteiger partial charge in [0.05, 0.1) is 10.6 Å². The average molecular weight is 362 g/mol. The van der Waals surface area contributed by atoms with Crippen LogP contribution in [0.15, 0.2) is 60.2 Å². The normalized spacial score (nSPS) is 19.7. The number of aliphatic hydroxyl groups excluding tert-OH is 1. The largest absolute Gasteiger partial charge is 0.501 e. The van der Waals surface area contributed by atoms with Gasteiger partial charge >= 0.3 is 0 Å². The van der Waals surface area contributed by atoms with Crippen molar-refractivity contribution in [1.29, 1.82) is 0 Å². The average Bonchev–Trinajstić information content (AvgIpc) is 2.80. The van der Waals surface area contributed by atoms with E-state index >= 15 is 0 Å². The smallest absolute Gasteiger partial charge is 0.258 e. The summed E-state index contributed by atoms with van der Waals surface area (Å²) >= 11 is 6.00. The van der Waals surface area contributed by atoms with E-state index in [1.807, 2.05) is 0 Å². The standard InChI is InChI=1S/C18H13ClFNO4/c1-18(13-11(19)8-5-9-12(13)20)15(23)14(22)17(25-18)21-16(24)10-6-3-2-4-7-10/h2-9,22H,1H3,(H,21,24). The molecule has 2 aromatic rings. The number of benzene rings is 2. The summed E-state index contributed by atoms with van der Waals surface area (Å²) in [6.07, 6.45) is 0. The van der Waals surface area contributed by atoms with E-state index in [9.17, 15) is 19.1 Å². The molecular formula is C18H13ClFNO4. The molecule has 2 N–H and O–H groups in total. The van der Waals surface area contributed by atoms with Gasteiger partial charge in [0.1, 0.15) is 5.82 Å². The first-order chi connectivity index (χ1) is 11.8. The summed E-state index contributed by atoms with van der Waals surface area (Å²) in [6, 6.07) is 12.1. The van der Waals surface area contributed by atoms with Gasteiger partial charge in [-0.2, -0.15) is 0 Å². The van der Waals surface area contributed by atoms with E-state index in [-0.39, 0.29) is 10.6 Å². The van der Waals surface area contributed by atoms with E-state index in [1.54, 1.807) is 30.3 Å². The van der Waals surface area contributed by atoms with Gasteiger partial charge in [-0.3, -0.25) is 14.9 Å². The number of rotatable bonds is 3. The minimum absolute atomic E-state index is 0.0284. The molecule has 0 fully saturated rings. The molecule has 1 unspecified atom stereocenters. The fourth-order valence-electron chi connectivity index (χ4n) is 2.60. The molecule has 0 radical (unpaired) electrons. The van der Waals surface area contributed by atoms with Gasteiger partial charge in [-0.15, -0.1) is 0 Å². The summed E-state index contributed by atoms with van der Waals surface area (Å²) in [4.78, 5) is 24.6. The lowest BCUT2D eigenvalue weighted by atomic mass is 9.91. The molecule has 1 atom stereocenters. The summed E-state index contributed by atoms with van der Waals surface area (Å²) in [5, 5.41) is 12.3. The van der Waals surface area contributed by atoms with Crippen molar-refractivity contribution in [3.8, 4) is 0 Å². The van der Waals surface area contributed by atoms with Gasteiger partial charge in [-0.05, 0) is 31.2 Å². The predicted molar refractivity (Wildman–Crippen MR) is 88.4 cm³/mol. The zero-order chi connectivity index (χ0) is 18.2. The van der Waals surface area contributed by atoms with Gasteiger partial charge in [0.25, 0.3) is 11.7 Å². The van der Waals surface area contributed by atoms with Gasteiger partial charge in [-0.25, -0.2) is 4.39 Å². The number of aliphatic hydroxyl groups is 1. The number of ether oxygens (including phenoxy) is 1. The fraction of sp³-hybridized carbons (Fsp3) is 0.111. The van der Waals surface area contributed by atoms with Crippen LogP contribution in [0.5, 0.6) is 0 Å². The van der Waals surface area contributed by atoms with Gasteiger partial charge in [-0.1, -0.05) is 35.9 Å². The third-order valence-corrected chi connectivity index (χ3v) is 4.19. The number of carbonyl (C=O) groups excluding carboxylic acids is 2. The van der Waals surface area contributed by atoms with Crippen LogP contribution in [0.3, 0.4) is 0 Å². The maximum atomic E-state index is 14.2. The Kier molecular flexibility index (Phi) is 4.22. The van der Waals surface area contributed by atoms with E-state index in [2.05, 4.69) is 5.32 Å². The molecule has 0 aliphatic carbocycles. The molecule has 1 amide bonds. The van der Waals surface area contributed by atoms with Crippen LogP contribution < -0.4 is 5.32 Å². The molecule has 0 spiro atoms. The second-order valence-corrected chi connectivity index (χ2v) is 5.97. The van der Waals surface area contributed by atoms with Crippen molar-refractivity contribution >= 4 is 23.3 Å². The van der Waals surface area contributed by atoms with Crippen molar-refractivity contribution in [2.75, 3.05) is 0 Å². The first-order valence-corrected chi connectivity index (χ1v) is 7.70. The molecule has 1 aliphatic heterocycles. The highest BCUT2D eigenvalue weighted by molar-refractivity contribution is 6.32. The van der Waals surface area contributed by atoms with Crippen molar-refractivity contribution in [2.45, 2.75) is 12.5 Å². The lowest BCUT2D eigenvalue weighted by Gasteiger charge is -2.25. The maximum absolute atomic E-state index is 14.2. The highest BCUT2D eigenvalue weighted by Crippen LogP contribution is 2.41. The Labute approximate surface area is 147 Å². The third-order valence-electron chi connectivity index (χ3n) is 3.87. The minimum atomic E-state index is -1.88. The molecule has 1 aliphatic rings. The van der Waals surface area contributed by atoms with Gasteiger partial charge in [0.2, 0.25) is 17.2 Å². The van der Waals surface area contributed by atoms with Gasteiger partial charge in [0.15, 0.2) is 0 Å². The van der Waals surface area contributed by atoms with Crippen molar-refractivity contribution in [2.24, 2.45) is 0 Å². The van der Waals surface area contributed by atoms with Crippen LogP contribution in [0.25, 0.3) is 0 Å². The number of hydrogen-bond donors (Lipinski definition) is 2. The molecular weight excluding hydrogens is 349 g/mol. The number of halogens is 2. The van der Waals surface area contributed by atoms with E-state index in [1.165, 1.54) is 19.1 Å². The second-order valence-electron chi connectivity index (χ2n) is 5.56. The monoisotopic (exact) mass is 361 g/mol. The molecule has 0 saturated heterocycles. The third kappa shape index (κ3) is 2.85. The Balaban J connectivity index is 1.92. The van der Waals surface area contributed by atoms with Crippen molar-refractivity contribution in [3.05, 3.63) is 82.1 Å². The molecule has 1 heterocycles. The van der Waals surface area contributed by atoms with Crippen LogP contribution in [-0.2, 0) is 15.1 Å². The topological polar surface area (TPSA) is 75.6 Å². The number of nitrogens with one attached hydrogen (secondary N) is 1. The Bertz CT molecular complexity index is 877. The zero-order valence-corrected chi connectivity index (χ0v) is 13.8. The van der Waals surface area contributed by atoms with E-state index in [0.717, 1.165) is 6.07 Å². The molecule has 0 saturated carbocycles. The van der Waals surface area contributed by atoms with Crippen molar-refractivity contribution < 1.29 is 23.8 Å². The summed E-state index contributed by atoms with van der Waals surface area (Å²) in [5.41, 5.74) is -1.79. The fourth-order valence-corrected chi connectivity index (χ4v) is 2.94. The molecule has 3 rings (SSSR count). The lowest BCUT2D eigenvalue weighted by molar-refractivity contribution is -0.132. The molecule has 5 nitrogen and oxygen atoms in total. The Morgan fingerprint density at radius 1 is 1.20 bits per heavy atom. The minimum Gasteiger partial charge on any atom is -0.501 e. The van der Waals surface area contributed by atoms with Crippen LogP contribution in [0.2, 0.25) is 5.02 Å². The van der Waals surface area contributed by atoms with Crippen molar-refractivity contribution in [1.82, 2.24) is 5.32 Å². The summed E-state index contributed by atoms with van der Waals surface area (Å²) < 4.78 is 19.6. The molecule has 7 heteroatoms. The van der Waals surface area contributed by atoms with Crippen LogP contribution in [0.4, 0.5) is 4.39 Å². The summed E-state index contributed by atoms with van der Waals surface area (Å²) in [5.74, 6) is -3.49. The Morgan fingerprint density at radius 3 is 2.52 bits per heavy atom. The summed E-state index contributed by atoms with van der Waals surface area (Å²) in [6.45, 7) is 1.28. The maximum Gasteiger partial charge on any atom is 0.258 e. The van der Waals surface area contributed by atoms with E-state index in [4.69, 9.17) is 16.3 Å². The molecule has 0 aromatic heterocycles. The molecule has 0 bridgehead atoms. The Hall–Kier alpha value is -2.86. The zero-order valence-electron chi connectivity index (χ0n) is 13.0. The second kappa shape index (κ2) is 6.22. The van der Waals surface area contributed by atoms with Crippen LogP contribution in [-0.4, -0.2) is 16.8 Å². The van der Waals surface area contributed by atoms with Crippen LogP contribution in [0, 0.1) is 5.82 Å². The van der Waals surface area contributed by atoms with Crippen LogP contribution in [0.1, 0.15) is 22.8 Å². The van der Waals surface area contributed by atoms with Gasteiger partial charge in [0, 0.05) is 5.56 Å². The number of Topliss-reactive ketones (excluding diaryl/α,β-unsaturated/α-hetero) is 1. The summed E-state index contributed by atoms with van der Waals surface area (Å²) in [7, 11) is 0. The number of carbonyl (C=O) groups is 2. The SMILES string of the molecule is CC1(c2c(F)cccc2Cl)OC(NC(=O)c2ccccc2)=C(O)C1=O. The first-order valence-electron chi connectivity index (χ1n) is 7.32. The predicted octanol–water partition coefficient (Wildman–Crippen LogP) is 3.45. The van der Waals surface area contributed by atoms with E-state index in [0.29, 0.717) is 5.56 Å². The molecule has 25 heavy (non-hydrogen) atoms. The molecule has 128 valence electrons. The number of hydrogen-bond acceptors (Lipinski definition) is 4.